The fourth-order valence-corrected chi connectivity index (χ4v) is 4.15. The average Bonchev–Trinajstić information content (AvgIpc) is 3.40. The van der Waals surface area contributed by atoms with Crippen LogP contribution in [-0.2, 0) is 20.8 Å². The summed E-state index contributed by atoms with van der Waals surface area (Å²) in [6.07, 6.45) is 4.46. The van der Waals surface area contributed by atoms with Crippen LogP contribution in [0, 0.1) is 11.2 Å². The van der Waals surface area contributed by atoms with Crippen molar-refractivity contribution in [3.8, 4) is 22.6 Å². The van der Waals surface area contributed by atoms with Gasteiger partial charge < -0.3 is 29.5 Å². The maximum atomic E-state index is 13.7. The standard InChI is InChI=1S/C27H27FN6O4/c1-27(25(35)31-18-8-9-18)14-37-24(38-15-27)23-33-21(16-4-6-17(28)7-5-16)22(34-23)20-10-11-29-26(32-20)30-13-19-3-2-12-36-19/h2-7,10-12,18,24H,8-9,13-15H2,1H3,(H,31,35)(H,33,34)(H,29,30,32). The number of benzene rings is 1. The Hall–Kier alpha value is -4.09. The molecule has 1 saturated heterocycles. The van der Waals surface area contributed by atoms with E-state index in [1.807, 2.05) is 19.1 Å². The Kier molecular flexibility index (Phi) is 6.38. The van der Waals surface area contributed by atoms with Gasteiger partial charge in [-0.05, 0) is 62.2 Å². The Morgan fingerprint density at radius 1 is 1.13 bits per heavy atom. The number of halogens is 1. The van der Waals surface area contributed by atoms with Crippen LogP contribution in [0.3, 0.4) is 0 Å². The highest BCUT2D eigenvalue weighted by Gasteiger charge is 2.42. The molecule has 1 aromatic carbocycles. The fourth-order valence-electron chi connectivity index (χ4n) is 4.15. The van der Waals surface area contributed by atoms with Crippen LogP contribution in [0.1, 0.15) is 37.6 Å². The maximum absolute atomic E-state index is 13.7. The van der Waals surface area contributed by atoms with E-state index in [4.69, 9.17) is 18.9 Å². The molecule has 6 rings (SSSR count). The summed E-state index contributed by atoms with van der Waals surface area (Å²) in [4.78, 5) is 29.7. The lowest BCUT2D eigenvalue weighted by Crippen LogP contribution is -2.49. The van der Waals surface area contributed by atoms with Gasteiger partial charge in [0.05, 0.1) is 48.5 Å². The van der Waals surface area contributed by atoms with Crippen molar-refractivity contribution >= 4 is 11.9 Å². The summed E-state index contributed by atoms with van der Waals surface area (Å²) in [5, 5.41) is 6.17. The third-order valence-electron chi connectivity index (χ3n) is 6.54. The van der Waals surface area contributed by atoms with Crippen LogP contribution >= 0.6 is 0 Å². The van der Waals surface area contributed by atoms with Gasteiger partial charge in [0, 0.05) is 17.8 Å². The highest BCUT2D eigenvalue weighted by molar-refractivity contribution is 5.83. The molecule has 3 N–H and O–H groups in total. The van der Waals surface area contributed by atoms with E-state index in [1.54, 1.807) is 30.7 Å². The van der Waals surface area contributed by atoms with E-state index in [0.717, 1.165) is 18.6 Å². The minimum Gasteiger partial charge on any atom is -0.467 e. The number of aromatic amines is 1. The first kappa shape index (κ1) is 24.3. The third kappa shape index (κ3) is 5.15. The maximum Gasteiger partial charge on any atom is 0.230 e. The summed E-state index contributed by atoms with van der Waals surface area (Å²) in [7, 11) is 0. The molecular weight excluding hydrogens is 491 g/mol. The molecule has 0 unspecified atom stereocenters. The lowest BCUT2D eigenvalue weighted by Gasteiger charge is -2.35. The predicted molar refractivity (Wildman–Crippen MR) is 135 cm³/mol. The van der Waals surface area contributed by atoms with Crippen LogP contribution in [0.15, 0.2) is 59.3 Å². The number of H-pyrrole nitrogens is 1. The van der Waals surface area contributed by atoms with Gasteiger partial charge in [-0.25, -0.2) is 19.3 Å². The number of anilines is 1. The molecule has 4 aromatic rings. The smallest absolute Gasteiger partial charge is 0.230 e. The van der Waals surface area contributed by atoms with Crippen molar-refractivity contribution < 1.29 is 23.1 Å². The second-order valence-electron chi connectivity index (χ2n) is 9.81. The number of rotatable bonds is 8. The van der Waals surface area contributed by atoms with Crippen LogP contribution in [0.25, 0.3) is 22.6 Å². The van der Waals surface area contributed by atoms with Gasteiger partial charge in [0.25, 0.3) is 0 Å². The molecule has 0 spiro atoms. The van der Waals surface area contributed by atoms with E-state index in [-0.39, 0.29) is 31.0 Å². The molecule has 0 atom stereocenters. The number of furan rings is 1. The summed E-state index contributed by atoms with van der Waals surface area (Å²) >= 11 is 0. The Balaban J connectivity index is 1.26. The molecule has 1 aliphatic carbocycles. The first-order valence-electron chi connectivity index (χ1n) is 12.5. The second-order valence-corrected chi connectivity index (χ2v) is 9.81. The minimum atomic E-state index is -0.803. The van der Waals surface area contributed by atoms with E-state index >= 15 is 0 Å². The van der Waals surface area contributed by atoms with Crippen LogP contribution in [0.4, 0.5) is 10.3 Å². The normalized spacial score (nSPS) is 21.3. The lowest BCUT2D eigenvalue weighted by atomic mass is 9.91. The molecule has 196 valence electrons. The van der Waals surface area contributed by atoms with Gasteiger partial charge in [0.1, 0.15) is 11.6 Å². The van der Waals surface area contributed by atoms with Crippen molar-refractivity contribution in [3.05, 3.63) is 72.3 Å². The van der Waals surface area contributed by atoms with Crippen molar-refractivity contribution in [2.24, 2.45) is 5.41 Å². The number of imidazole rings is 1. The Labute approximate surface area is 218 Å². The summed E-state index contributed by atoms with van der Waals surface area (Å²) in [6, 6.07) is 11.7. The molecule has 11 heteroatoms. The quantitative estimate of drug-likeness (QED) is 0.317. The first-order chi connectivity index (χ1) is 18.5. The summed E-state index contributed by atoms with van der Waals surface area (Å²) in [5.74, 6) is 1.16. The molecule has 2 aliphatic rings. The molecule has 1 amide bonds. The summed E-state index contributed by atoms with van der Waals surface area (Å²) in [6.45, 7) is 2.63. The zero-order valence-corrected chi connectivity index (χ0v) is 20.7. The zero-order chi connectivity index (χ0) is 26.1. The molecule has 1 aliphatic heterocycles. The molecule has 3 aromatic heterocycles. The number of hydrogen-bond acceptors (Lipinski definition) is 8. The number of nitrogens with zero attached hydrogens (tertiary/aromatic N) is 3. The number of ether oxygens (including phenoxy) is 2. The van der Waals surface area contributed by atoms with Gasteiger partial charge in [-0.1, -0.05) is 0 Å². The molecule has 38 heavy (non-hydrogen) atoms. The average molecular weight is 519 g/mol. The predicted octanol–water partition coefficient (Wildman–Crippen LogP) is 4.21. The minimum absolute atomic E-state index is 0.0684. The van der Waals surface area contributed by atoms with Crippen molar-refractivity contribution in [3.63, 3.8) is 0 Å². The molecule has 2 fully saturated rings. The lowest BCUT2D eigenvalue weighted by molar-refractivity contribution is -0.231. The van der Waals surface area contributed by atoms with Gasteiger partial charge in [0.2, 0.25) is 18.1 Å². The first-order valence-corrected chi connectivity index (χ1v) is 12.5. The van der Waals surface area contributed by atoms with Gasteiger partial charge in [-0.2, -0.15) is 0 Å². The molecule has 1 saturated carbocycles. The van der Waals surface area contributed by atoms with Crippen LogP contribution in [-0.4, -0.2) is 45.1 Å². The van der Waals surface area contributed by atoms with Crippen LogP contribution in [0.2, 0.25) is 0 Å². The topological polar surface area (TPSA) is 127 Å². The van der Waals surface area contributed by atoms with Crippen molar-refractivity contribution in [2.75, 3.05) is 18.5 Å². The number of carbonyl (C=O) groups is 1. The van der Waals surface area contributed by atoms with Gasteiger partial charge >= 0.3 is 0 Å². The number of amides is 1. The largest absolute Gasteiger partial charge is 0.467 e. The van der Waals surface area contributed by atoms with Crippen LogP contribution < -0.4 is 10.6 Å². The van der Waals surface area contributed by atoms with Gasteiger partial charge in [0.15, 0.2) is 5.82 Å². The van der Waals surface area contributed by atoms with E-state index in [9.17, 15) is 9.18 Å². The van der Waals surface area contributed by atoms with Crippen LogP contribution in [0.5, 0.6) is 0 Å². The SMILES string of the molecule is CC1(C(=O)NC2CC2)COC(c2nc(-c3ccc(F)cc3)c(-c3ccnc(NCc4ccco4)n3)[nH]2)OC1. The third-order valence-corrected chi connectivity index (χ3v) is 6.54. The molecule has 4 heterocycles. The van der Waals surface area contributed by atoms with E-state index in [1.165, 1.54) is 12.1 Å². The molecule has 10 nitrogen and oxygen atoms in total. The number of carbonyl (C=O) groups excluding carboxylic acids is 1. The number of hydrogen-bond donors (Lipinski definition) is 3. The van der Waals surface area contributed by atoms with Gasteiger partial charge in [-0.3, -0.25) is 4.79 Å². The van der Waals surface area contributed by atoms with E-state index in [0.29, 0.717) is 41.0 Å². The molecule has 0 radical (unpaired) electrons. The zero-order valence-electron chi connectivity index (χ0n) is 20.7. The van der Waals surface area contributed by atoms with Crippen molar-refractivity contribution in [2.45, 2.75) is 38.6 Å². The number of nitrogens with one attached hydrogen (secondary N) is 3. The summed E-state index contributed by atoms with van der Waals surface area (Å²) in [5.41, 5.74) is 1.64. The summed E-state index contributed by atoms with van der Waals surface area (Å²) < 4.78 is 31.0. The van der Waals surface area contributed by atoms with Gasteiger partial charge in [-0.15, -0.1) is 0 Å². The highest BCUT2D eigenvalue weighted by atomic mass is 19.1. The van der Waals surface area contributed by atoms with Crippen molar-refractivity contribution in [1.82, 2.24) is 25.3 Å². The van der Waals surface area contributed by atoms with E-state index < -0.39 is 11.7 Å². The molecular formula is C27H27FN6O4. The Bertz CT molecular complexity index is 1410. The highest BCUT2D eigenvalue weighted by Crippen LogP contribution is 2.36. The van der Waals surface area contributed by atoms with Crippen molar-refractivity contribution in [1.29, 1.82) is 0 Å². The molecule has 0 bridgehead atoms. The number of aromatic nitrogens is 4. The monoisotopic (exact) mass is 518 g/mol. The van der Waals surface area contributed by atoms with E-state index in [2.05, 4.69) is 25.6 Å². The Morgan fingerprint density at radius 2 is 1.92 bits per heavy atom. The fraction of sp³-hybridized carbons (Fsp3) is 0.333. The Morgan fingerprint density at radius 3 is 2.63 bits per heavy atom. The second kappa shape index (κ2) is 9.99.